The Morgan fingerprint density at radius 2 is 2.16 bits per heavy atom. The summed E-state index contributed by atoms with van der Waals surface area (Å²) in [5, 5.41) is 0.807. The lowest BCUT2D eigenvalue weighted by molar-refractivity contribution is 0.588. The lowest BCUT2D eigenvalue weighted by atomic mass is 10.1. The number of fused-ring (bicyclic) bond motifs is 1. The molecule has 0 saturated heterocycles. The molecule has 0 aliphatic rings. The fourth-order valence-electron chi connectivity index (χ4n) is 2.34. The minimum Gasteiger partial charge on any atom is -0.398 e. The first-order valence-corrected chi connectivity index (χ1v) is 6.62. The standard InChI is InChI=1S/C15H20FN3/c1-4-19(9-10(2)3)15-12(16)8-13(17)11-6-5-7-18-14(11)15/h5-8,10H,4,9,17H2,1-3H3. The fourth-order valence-corrected chi connectivity index (χ4v) is 2.34. The highest BCUT2D eigenvalue weighted by Gasteiger charge is 2.17. The van der Waals surface area contributed by atoms with Gasteiger partial charge in [0, 0.05) is 30.4 Å². The van der Waals surface area contributed by atoms with Crippen molar-refractivity contribution >= 4 is 22.3 Å². The van der Waals surface area contributed by atoms with Crippen molar-refractivity contribution in [2.24, 2.45) is 5.92 Å². The first-order valence-electron chi connectivity index (χ1n) is 6.62. The molecule has 0 radical (unpaired) electrons. The number of benzene rings is 1. The third-order valence-electron chi connectivity index (χ3n) is 3.13. The van der Waals surface area contributed by atoms with Crippen LogP contribution in [-0.2, 0) is 0 Å². The van der Waals surface area contributed by atoms with Gasteiger partial charge in [-0.1, -0.05) is 13.8 Å². The fraction of sp³-hybridized carbons (Fsp3) is 0.400. The number of rotatable bonds is 4. The van der Waals surface area contributed by atoms with E-state index in [0.29, 0.717) is 22.8 Å². The van der Waals surface area contributed by atoms with E-state index in [0.717, 1.165) is 18.5 Å². The summed E-state index contributed by atoms with van der Waals surface area (Å²) in [5.41, 5.74) is 7.50. The van der Waals surface area contributed by atoms with E-state index in [4.69, 9.17) is 5.73 Å². The summed E-state index contributed by atoms with van der Waals surface area (Å²) in [6.45, 7) is 7.79. The summed E-state index contributed by atoms with van der Waals surface area (Å²) < 4.78 is 14.3. The van der Waals surface area contributed by atoms with Crippen LogP contribution in [0.25, 0.3) is 10.9 Å². The molecule has 0 spiro atoms. The zero-order valence-electron chi connectivity index (χ0n) is 11.7. The lowest BCUT2D eigenvalue weighted by Gasteiger charge is -2.26. The van der Waals surface area contributed by atoms with Gasteiger partial charge in [0.15, 0.2) is 5.82 Å². The molecular formula is C15H20FN3. The van der Waals surface area contributed by atoms with Crippen molar-refractivity contribution in [1.82, 2.24) is 4.98 Å². The summed E-state index contributed by atoms with van der Waals surface area (Å²) in [7, 11) is 0. The van der Waals surface area contributed by atoms with E-state index in [1.165, 1.54) is 6.07 Å². The van der Waals surface area contributed by atoms with Gasteiger partial charge in [-0.3, -0.25) is 4.98 Å². The first-order chi connectivity index (χ1) is 9.04. The smallest absolute Gasteiger partial charge is 0.150 e. The van der Waals surface area contributed by atoms with Crippen molar-refractivity contribution in [2.45, 2.75) is 20.8 Å². The second-order valence-corrected chi connectivity index (χ2v) is 5.13. The number of halogens is 1. The number of pyridine rings is 1. The molecule has 4 heteroatoms. The van der Waals surface area contributed by atoms with Gasteiger partial charge in [0.05, 0.1) is 11.2 Å². The number of nitrogen functional groups attached to an aromatic ring is 1. The highest BCUT2D eigenvalue weighted by Crippen LogP contribution is 2.32. The Morgan fingerprint density at radius 3 is 2.79 bits per heavy atom. The van der Waals surface area contributed by atoms with Gasteiger partial charge in [0.25, 0.3) is 0 Å². The van der Waals surface area contributed by atoms with Gasteiger partial charge >= 0.3 is 0 Å². The monoisotopic (exact) mass is 261 g/mol. The zero-order valence-corrected chi connectivity index (χ0v) is 11.7. The predicted octanol–water partition coefficient (Wildman–Crippen LogP) is 3.44. The second-order valence-electron chi connectivity index (χ2n) is 5.13. The van der Waals surface area contributed by atoms with Crippen molar-refractivity contribution in [3.05, 3.63) is 30.2 Å². The number of hydrogen-bond donors (Lipinski definition) is 1. The molecule has 1 aromatic heterocycles. The Balaban J connectivity index is 2.64. The topological polar surface area (TPSA) is 42.1 Å². The molecule has 1 heterocycles. The van der Waals surface area contributed by atoms with E-state index >= 15 is 0 Å². The molecule has 3 nitrogen and oxygen atoms in total. The maximum Gasteiger partial charge on any atom is 0.150 e. The molecule has 2 aromatic rings. The Hall–Kier alpha value is -1.84. The maximum atomic E-state index is 14.3. The van der Waals surface area contributed by atoms with E-state index in [2.05, 4.69) is 18.8 Å². The van der Waals surface area contributed by atoms with Crippen molar-refractivity contribution < 1.29 is 4.39 Å². The summed E-state index contributed by atoms with van der Waals surface area (Å²) in [6, 6.07) is 5.09. The largest absolute Gasteiger partial charge is 0.398 e. The minimum absolute atomic E-state index is 0.300. The number of nitrogens with zero attached hydrogens (tertiary/aromatic N) is 2. The quantitative estimate of drug-likeness (QED) is 0.857. The van der Waals surface area contributed by atoms with Gasteiger partial charge in [-0.2, -0.15) is 0 Å². The van der Waals surface area contributed by atoms with E-state index in [-0.39, 0.29) is 5.82 Å². The summed E-state index contributed by atoms with van der Waals surface area (Å²) in [5.74, 6) is 0.155. The average Bonchev–Trinajstić information content (AvgIpc) is 2.37. The lowest BCUT2D eigenvalue weighted by Crippen LogP contribution is -2.28. The molecule has 0 bridgehead atoms. The van der Waals surface area contributed by atoms with Crippen LogP contribution in [0.15, 0.2) is 24.4 Å². The van der Waals surface area contributed by atoms with E-state index < -0.39 is 0 Å². The van der Waals surface area contributed by atoms with E-state index in [1.807, 2.05) is 24.0 Å². The first kappa shape index (κ1) is 13.6. The van der Waals surface area contributed by atoms with Gasteiger partial charge in [0.2, 0.25) is 0 Å². The third-order valence-corrected chi connectivity index (χ3v) is 3.13. The third kappa shape index (κ3) is 2.62. The van der Waals surface area contributed by atoms with E-state index in [1.54, 1.807) is 6.20 Å². The van der Waals surface area contributed by atoms with Crippen LogP contribution in [0, 0.1) is 11.7 Å². The van der Waals surface area contributed by atoms with Crippen LogP contribution < -0.4 is 10.6 Å². The van der Waals surface area contributed by atoms with Crippen molar-refractivity contribution in [3.63, 3.8) is 0 Å². The van der Waals surface area contributed by atoms with Crippen LogP contribution in [0.4, 0.5) is 15.8 Å². The normalized spacial score (nSPS) is 11.2. The number of hydrogen-bond acceptors (Lipinski definition) is 3. The maximum absolute atomic E-state index is 14.3. The predicted molar refractivity (Wildman–Crippen MR) is 78.8 cm³/mol. The van der Waals surface area contributed by atoms with Crippen LogP contribution in [0.5, 0.6) is 0 Å². The van der Waals surface area contributed by atoms with Crippen LogP contribution >= 0.6 is 0 Å². The summed E-state index contributed by atoms with van der Waals surface area (Å²) in [4.78, 5) is 6.34. The van der Waals surface area contributed by atoms with Gasteiger partial charge in [-0.15, -0.1) is 0 Å². The molecule has 1 aromatic carbocycles. The van der Waals surface area contributed by atoms with Gasteiger partial charge in [-0.05, 0) is 31.0 Å². The van der Waals surface area contributed by atoms with Crippen LogP contribution in [0.1, 0.15) is 20.8 Å². The SMILES string of the molecule is CCN(CC(C)C)c1c(F)cc(N)c2cccnc12. The Kier molecular flexibility index (Phi) is 3.88. The Bertz CT molecular complexity index is 581. The molecule has 0 fully saturated rings. The molecule has 19 heavy (non-hydrogen) atoms. The zero-order chi connectivity index (χ0) is 14.0. The molecule has 0 aliphatic heterocycles. The summed E-state index contributed by atoms with van der Waals surface area (Å²) in [6.07, 6.45) is 1.67. The van der Waals surface area contributed by atoms with Crippen molar-refractivity contribution in [2.75, 3.05) is 23.7 Å². The number of anilines is 2. The van der Waals surface area contributed by atoms with Gasteiger partial charge in [0.1, 0.15) is 0 Å². The molecule has 2 rings (SSSR count). The Labute approximate surface area is 113 Å². The molecule has 0 unspecified atom stereocenters. The molecule has 0 saturated carbocycles. The minimum atomic E-state index is -0.300. The molecule has 2 N–H and O–H groups in total. The van der Waals surface area contributed by atoms with E-state index in [9.17, 15) is 4.39 Å². The molecule has 0 amide bonds. The Morgan fingerprint density at radius 1 is 1.42 bits per heavy atom. The number of aromatic nitrogens is 1. The average molecular weight is 261 g/mol. The van der Waals surface area contributed by atoms with Crippen molar-refractivity contribution in [1.29, 1.82) is 0 Å². The van der Waals surface area contributed by atoms with Crippen LogP contribution in [0.3, 0.4) is 0 Å². The highest BCUT2D eigenvalue weighted by atomic mass is 19.1. The van der Waals surface area contributed by atoms with Crippen molar-refractivity contribution in [3.8, 4) is 0 Å². The van der Waals surface area contributed by atoms with Gasteiger partial charge in [-0.25, -0.2) is 4.39 Å². The second kappa shape index (κ2) is 5.43. The molecule has 0 aliphatic carbocycles. The molecule has 0 atom stereocenters. The highest BCUT2D eigenvalue weighted by molar-refractivity contribution is 5.98. The number of nitrogens with two attached hydrogens (primary N) is 1. The summed E-state index contributed by atoms with van der Waals surface area (Å²) >= 11 is 0. The van der Waals surface area contributed by atoms with Gasteiger partial charge < -0.3 is 10.6 Å². The molecular weight excluding hydrogens is 241 g/mol. The van der Waals surface area contributed by atoms with Crippen LogP contribution in [0.2, 0.25) is 0 Å². The van der Waals surface area contributed by atoms with Crippen LogP contribution in [-0.4, -0.2) is 18.1 Å². The molecule has 102 valence electrons.